The van der Waals surface area contributed by atoms with Crippen LogP contribution >= 0.6 is 0 Å². The Balaban J connectivity index is 1.55. The first-order valence-electron chi connectivity index (χ1n) is 8.84. The van der Waals surface area contributed by atoms with Gasteiger partial charge in [-0.3, -0.25) is 0 Å². The average molecular weight is 303 g/mol. The lowest BCUT2D eigenvalue weighted by Crippen LogP contribution is -2.40. The molecule has 122 valence electrons. The zero-order valence-corrected chi connectivity index (χ0v) is 14.0. The Morgan fingerprint density at radius 1 is 1.32 bits per heavy atom. The van der Waals surface area contributed by atoms with E-state index in [4.69, 9.17) is 9.47 Å². The lowest BCUT2D eigenvalue weighted by Gasteiger charge is -2.49. The Morgan fingerprint density at radius 2 is 2.18 bits per heavy atom. The van der Waals surface area contributed by atoms with Crippen LogP contribution in [0.5, 0.6) is 0 Å². The molecule has 0 aliphatic heterocycles. The molecule has 0 heterocycles. The number of nitriles is 1. The van der Waals surface area contributed by atoms with Gasteiger partial charge in [0.2, 0.25) is 0 Å². The standard InChI is InChI=1S/C19H29NO2/c1-19-11-15-4-3-14(7-8-22-13-21-2)9-16(15)10-17(19)5-6-18(19)12-20/h6,14-17H,3-5,7-11,13H2,1-2H3/t14-,15-,16-,17+,19+/m1/s1. The minimum atomic E-state index is 0.185. The summed E-state index contributed by atoms with van der Waals surface area (Å²) in [6.07, 6.45) is 11.2. The summed E-state index contributed by atoms with van der Waals surface area (Å²) in [7, 11) is 1.68. The molecule has 3 aliphatic carbocycles. The van der Waals surface area contributed by atoms with E-state index in [-0.39, 0.29) is 5.41 Å². The summed E-state index contributed by atoms with van der Waals surface area (Å²) in [5.41, 5.74) is 1.26. The molecule has 5 atom stereocenters. The van der Waals surface area contributed by atoms with Crippen LogP contribution in [-0.4, -0.2) is 20.5 Å². The van der Waals surface area contributed by atoms with Crippen LogP contribution in [0.15, 0.2) is 11.6 Å². The minimum absolute atomic E-state index is 0.185. The van der Waals surface area contributed by atoms with Crippen molar-refractivity contribution >= 4 is 0 Å². The van der Waals surface area contributed by atoms with E-state index in [9.17, 15) is 5.26 Å². The van der Waals surface area contributed by atoms with E-state index >= 15 is 0 Å². The van der Waals surface area contributed by atoms with Crippen molar-refractivity contribution in [3.8, 4) is 6.07 Å². The zero-order valence-electron chi connectivity index (χ0n) is 14.0. The first-order valence-corrected chi connectivity index (χ1v) is 8.84. The molecule has 0 aromatic carbocycles. The second-order valence-electron chi connectivity index (χ2n) is 7.82. The normalized spacial score (nSPS) is 40.5. The number of rotatable bonds is 5. The SMILES string of the molecule is COCOCC[C@H]1CC[C@@H]2C[C@]3(C)C(C#N)=CC[C@H]3C[C@H]2C1. The average Bonchev–Trinajstić information content (AvgIpc) is 2.84. The van der Waals surface area contributed by atoms with Crippen molar-refractivity contribution in [3.63, 3.8) is 0 Å². The minimum Gasteiger partial charge on any atom is -0.359 e. The van der Waals surface area contributed by atoms with Crippen LogP contribution < -0.4 is 0 Å². The van der Waals surface area contributed by atoms with E-state index in [0.717, 1.165) is 36.4 Å². The number of methoxy groups -OCH3 is 1. The first kappa shape index (κ1) is 16.0. The molecular weight excluding hydrogens is 274 g/mol. The van der Waals surface area contributed by atoms with E-state index in [1.807, 2.05) is 0 Å². The van der Waals surface area contributed by atoms with Gasteiger partial charge in [-0.2, -0.15) is 5.26 Å². The fraction of sp³-hybridized carbons (Fsp3) is 0.842. The van der Waals surface area contributed by atoms with Crippen molar-refractivity contribution in [1.82, 2.24) is 0 Å². The third-order valence-corrected chi connectivity index (χ3v) is 6.64. The Kier molecular flexibility index (Phi) is 4.90. The van der Waals surface area contributed by atoms with Gasteiger partial charge in [-0.25, -0.2) is 0 Å². The van der Waals surface area contributed by atoms with Crippen molar-refractivity contribution in [2.45, 2.75) is 51.9 Å². The van der Waals surface area contributed by atoms with Gasteiger partial charge in [0.25, 0.3) is 0 Å². The van der Waals surface area contributed by atoms with Gasteiger partial charge in [0.1, 0.15) is 6.79 Å². The van der Waals surface area contributed by atoms with Gasteiger partial charge in [-0.15, -0.1) is 0 Å². The van der Waals surface area contributed by atoms with Crippen LogP contribution in [0.4, 0.5) is 0 Å². The fourth-order valence-electron chi connectivity index (χ4n) is 5.33. The summed E-state index contributed by atoms with van der Waals surface area (Å²) in [4.78, 5) is 0. The topological polar surface area (TPSA) is 42.2 Å². The van der Waals surface area contributed by atoms with Gasteiger partial charge in [-0.1, -0.05) is 19.4 Å². The van der Waals surface area contributed by atoms with Crippen LogP contribution in [0.3, 0.4) is 0 Å². The summed E-state index contributed by atoms with van der Waals surface area (Å²) < 4.78 is 10.4. The van der Waals surface area contributed by atoms with Crippen LogP contribution in [0, 0.1) is 40.4 Å². The van der Waals surface area contributed by atoms with Crippen LogP contribution in [-0.2, 0) is 9.47 Å². The van der Waals surface area contributed by atoms with Crippen molar-refractivity contribution in [2.24, 2.45) is 29.1 Å². The predicted molar refractivity (Wildman–Crippen MR) is 85.9 cm³/mol. The van der Waals surface area contributed by atoms with Crippen molar-refractivity contribution in [3.05, 3.63) is 11.6 Å². The number of allylic oxidation sites excluding steroid dienone is 2. The highest BCUT2D eigenvalue weighted by atomic mass is 16.7. The molecule has 0 amide bonds. The maximum atomic E-state index is 9.41. The zero-order chi connectivity index (χ0) is 15.6. The summed E-state index contributed by atoms with van der Waals surface area (Å²) in [5, 5.41) is 9.41. The van der Waals surface area contributed by atoms with E-state index in [1.54, 1.807) is 7.11 Å². The highest BCUT2D eigenvalue weighted by Gasteiger charge is 2.50. The number of hydrogen-bond donors (Lipinski definition) is 0. The van der Waals surface area contributed by atoms with Crippen molar-refractivity contribution in [1.29, 1.82) is 5.26 Å². The Labute approximate surface area is 134 Å². The highest BCUT2D eigenvalue weighted by Crippen LogP contribution is 2.58. The molecule has 22 heavy (non-hydrogen) atoms. The Morgan fingerprint density at radius 3 is 2.95 bits per heavy atom. The molecular formula is C19H29NO2. The molecule has 0 N–H and O–H groups in total. The lowest BCUT2D eigenvalue weighted by atomic mass is 9.55. The van der Waals surface area contributed by atoms with Crippen LogP contribution in [0.2, 0.25) is 0 Å². The number of fused-ring (bicyclic) bond motifs is 2. The summed E-state index contributed by atoms with van der Waals surface area (Å²) >= 11 is 0. The maximum Gasteiger partial charge on any atom is 0.146 e. The quantitative estimate of drug-likeness (QED) is 0.562. The molecule has 2 saturated carbocycles. The molecule has 3 aliphatic rings. The number of hydrogen-bond acceptors (Lipinski definition) is 3. The van der Waals surface area contributed by atoms with Crippen molar-refractivity contribution < 1.29 is 9.47 Å². The van der Waals surface area contributed by atoms with E-state index in [0.29, 0.717) is 12.7 Å². The molecule has 0 radical (unpaired) electrons. The molecule has 0 saturated heterocycles. The lowest BCUT2D eigenvalue weighted by molar-refractivity contribution is -0.0400. The maximum absolute atomic E-state index is 9.41. The monoisotopic (exact) mass is 303 g/mol. The third-order valence-electron chi connectivity index (χ3n) is 6.64. The fourth-order valence-corrected chi connectivity index (χ4v) is 5.33. The molecule has 0 unspecified atom stereocenters. The van der Waals surface area contributed by atoms with Gasteiger partial charge < -0.3 is 9.47 Å². The summed E-state index contributed by atoms with van der Waals surface area (Å²) in [6.45, 7) is 3.60. The Hall–Kier alpha value is -0.850. The van der Waals surface area contributed by atoms with E-state index < -0.39 is 0 Å². The molecule has 0 aromatic rings. The predicted octanol–water partition coefficient (Wildman–Crippen LogP) is 4.30. The molecule has 0 bridgehead atoms. The summed E-state index contributed by atoms with van der Waals surface area (Å²) in [5.74, 6) is 3.26. The first-order chi connectivity index (χ1) is 10.7. The van der Waals surface area contributed by atoms with Gasteiger partial charge in [0, 0.05) is 24.7 Å². The second kappa shape index (κ2) is 6.72. The molecule has 3 rings (SSSR count). The van der Waals surface area contributed by atoms with E-state index in [2.05, 4.69) is 19.1 Å². The van der Waals surface area contributed by atoms with Gasteiger partial charge >= 0.3 is 0 Å². The van der Waals surface area contributed by atoms with Gasteiger partial charge in [0.15, 0.2) is 0 Å². The van der Waals surface area contributed by atoms with Gasteiger partial charge in [-0.05, 0) is 62.2 Å². The smallest absolute Gasteiger partial charge is 0.146 e. The number of nitrogens with zero attached hydrogens (tertiary/aromatic N) is 1. The molecule has 3 nitrogen and oxygen atoms in total. The molecule has 3 heteroatoms. The van der Waals surface area contributed by atoms with Crippen molar-refractivity contribution in [2.75, 3.05) is 20.5 Å². The van der Waals surface area contributed by atoms with Crippen LogP contribution in [0.1, 0.15) is 51.9 Å². The molecule has 2 fully saturated rings. The largest absolute Gasteiger partial charge is 0.359 e. The Bertz CT molecular complexity index is 467. The molecule has 0 aromatic heterocycles. The van der Waals surface area contributed by atoms with E-state index in [1.165, 1.54) is 38.5 Å². The summed E-state index contributed by atoms with van der Waals surface area (Å²) in [6, 6.07) is 2.48. The van der Waals surface area contributed by atoms with Gasteiger partial charge in [0.05, 0.1) is 6.07 Å². The van der Waals surface area contributed by atoms with Crippen LogP contribution in [0.25, 0.3) is 0 Å². The molecule has 0 spiro atoms. The second-order valence-corrected chi connectivity index (χ2v) is 7.82. The highest BCUT2D eigenvalue weighted by molar-refractivity contribution is 5.35. The third kappa shape index (κ3) is 2.96. The number of ether oxygens (including phenoxy) is 2.